The van der Waals surface area contributed by atoms with Gasteiger partial charge >= 0.3 is 6.03 Å². The third-order valence-corrected chi connectivity index (χ3v) is 4.50. The number of pyridine rings is 2. The number of nitrogens with one attached hydrogen (secondary N) is 3. The maximum atomic E-state index is 14.8. The summed E-state index contributed by atoms with van der Waals surface area (Å²) in [5.41, 5.74) is 1.88. The first-order valence-electron chi connectivity index (χ1n) is 9.28. The molecule has 0 saturated carbocycles. The van der Waals surface area contributed by atoms with E-state index in [0.717, 1.165) is 11.1 Å². The summed E-state index contributed by atoms with van der Waals surface area (Å²) in [6.45, 7) is 2.07. The lowest BCUT2D eigenvalue weighted by atomic mass is 10.1. The lowest BCUT2D eigenvalue weighted by Gasteiger charge is -2.15. The number of halogens is 1. The van der Waals surface area contributed by atoms with Gasteiger partial charge in [0.1, 0.15) is 12.1 Å². The molecule has 0 radical (unpaired) electrons. The molecular formula is C21H19FN6O2. The van der Waals surface area contributed by atoms with Crippen molar-refractivity contribution in [2.75, 3.05) is 5.32 Å². The highest BCUT2D eigenvalue weighted by atomic mass is 19.1. The molecule has 0 aliphatic heterocycles. The van der Waals surface area contributed by atoms with Crippen LogP contribution in [0.2, 0.25) is 0 Å². The predicted molar refractivity (Wildman–Crippen MR) is 109 cm³/mol. The molecule has 152 valence electrons. The highest BCUT2D eigenvalue weighted by Gasteiger charge is 2.18. The molecule has 0 fully saturated rings. The van der Waals surface area contributed by atoms with E-state index in [2.05, 4.69) is 30.8 Å². The van der Waals surface area contributed by atoms with E-state index in [0.29, 0.717) is 5.39 Å². The number of carbonyl (C=O) groups excluding carboxylic acids is 1. The van der Waals surface area contributed by atoms with Gasteiger partial charge in [-0.1, -0.05) is 36.4 Å². The largest absolute Gasteiger partial charge is 0.471 e. The zero-order chi connectivity index (χ0) is 20.9. The van der Waals surface area contributed by atoms with Crippen molar-refractivity contribution in [3.63, 3.8) is 0 Å². The number of carbonyl (C=O) groups is 1. The van der Waals surface area contributed by atoms with Crippen LogP contribution in [-0.4, -0.2) is 26.2 Å². The van der Waals surface area contributed by atoms with Crippen LogP contribution in [0.25, 0.3) is 10.9 Å². The summed E-state index contributed by atoms with van der Waals surface area (Å²) < 4.78 is 20.5. The monoisotopic (exact) mass is 406 g/mol. The Bertz CT molecular complexity index is 1150. The number of amides is 2. The van der Waals surface area contributed by atoms with E-state index in [-0.39, 0.29) is 29.9 Å². The van der Waals surface area contributed by atoms with Crippen LogP contribution in [0.3, 0.4) is 0 Å². The van der Waals surface area contributed by atoms with Crippen molar-refractivity contribution in [2.45, 2.75) is 19.6 Å². The van der Waals surface area contributed by atoms with Gasteiger partial charge in [-0.3, -0.25) is 15.4 Å². The molecule has 9 heteroatoms. The first-order valence-corrected chi connectivity index (χ1v) is 9.28. The van der Waals surface area contributed by atoms with Crippen LogP contribution in [0.15, 0.2) is 61.1 Å². The van der Waals surface area contributed by atoms with E-state index < -0.39 is 11.8 Å². The van der Waals surface area contributed by atoms with Crippen LogP contribution in [0, 0.1) is 5.82 Å². The van der Waals surface area contributed by atoms with Crippen LogP contribution < -0.4 is 15.4 Å². The lowest BCUT2D eigenvalue weighted by Crippen LogP contribution is -2.31. The standard InChI is InChI=1S/C21H19FN6O2/c1-13(15-7-3-2-4-8-15)25-21(29)26-19-17(22)18-16(11-24-19)20(28-27-18)30-12-14-6-5-9-23-10-14/h2-11,13H,12H2,1H3,(H,27,28)(H2,24,25,26,29)/t13-/m1/s1. The maximum absolute atomic E-state index is 14.8. The number of hydrogen-bond donors (Lipinski definition) is 3. The number of urea groups is 1. The number of ether oxygens (including phenoxy) is 1. The van der Waals surface area contributed by atoms with Gasteiger partial charge in [-0.2, -0.15) is 0 Å². The number of anilines is 1. The normalized spacial score (nSPS) is 11.8. The Labute approximate surface area is 171 Å². The van der Waals surface area contributed by atoms with Crippen molar-refractivity contribution in [3.05, 3.63) is 78.0 Å². The summed E-state index contributed by atoms with van der Waals surface area (Å²) in [4.78, 5) is 20.3. The van der Waals surface area contributed by atoms with E-state index in [1.54, 1.807) is 18.5 Å². The molecule has 4 rings (SSSR count). The van der Waals surface area contributed by atoms with Crippen molar-refractivity contribution in [3.8, 4) is 5.88 Å². The molecular weight excluding hydrogens is 387 g/mol. The second kappa shape index (κ2) is 8.56. The molecule has 1 aromatic carbocycles. The third-order valence-electron chi connectivity index (χ3n) is 4.50. The van der Waals surface area contributed by atoms with Crippen LogP contribution in [-0.2, 0) is 6.61 Å². The van der Waals surface area contributed by atoms with Crippen LogP contribution in [0.5, 0.6) is 5.88 Å². The minimum Gasteiger partial charge on any atom is -0.471 e. The summed E-state index contributed by atoms with van der Waals surface area (Å²) >= 11 is 0. The van der Waals surface area contributed by atoms with E-state index in [9.17, 15) is 9.18 Å². The lowest BCUT2D eigenvalue weighted by molar-refractivity contribution is 0.249. The highest BCUT2D eigenvalue weighted by Crippen LogP contribution is 2.27. The fraction of sp³-hybridized carbons (Fsp3) is 0.143. The van der Waals surface area contributed by atoms with Crippen molar-refractivity contribution < 1.29 is 13.9 Å². The Morgan fingerprint density at radius 2 is 2.03 bits per heavy atom. The molecule has 2 amide bonds. The molecule has 0 spiro atoms. The molecule has 0 saturated heterocycles. The van der Waals surface area contributed by atoms with Crippen molar-refractivity contribution >= 4 is 22.8 Å². The van der Waals surface area contributed by atoms with Crippen molar-refractivity contribution in [2.24, 2.45) is 0 Å². The third kappa shape index (κ3) is 4.19. The number of benzene rings is 1. The average molecular weight is 406 g/mol. The summed E-state index contributed by atoms with van der Waals surface area (Å²) in [7, 11) is 0. The minimum atomic E-state index is -0.723. The Morgan fingerprint density at radius 3 is 2.80 bits per heavy atom. The van der Waals surface area contributed by atoms with E-state index in [1.807, 2.05) is 43.3 Å². The SMILES string of the molecule is C[C@@H](NC(=O)Nc1ncc2c(OCc3cccnc3)n[nH]c2c1F)c1ccccc1. The van der Waals surface area contributed by atoms with Gasteiger partial charge in [0.05, 0.1) is 11.4 Å². The summed E-state index contributed by atoms with van der Waals surface area (Å²) in [5.74, 6) is -0.713. The number of aromatic nitrogens is 4. The summed E-state index contributed by atoms with van der Waals surface area (Å²) in [5, 5.41) is 12.2. The second-order valence-corrected chi connectivity index (χ2v) is 6.62. The van der Waals surface area contributed by atoms with Crippen LogP contribution >= 0.6 is 0 Å². The first kappa shape index (κ1) is 19.3. The first-order chi connectivity index (χ1) is 14.6. The Morgan fingerprint density at radius 1 is 1.20 bits per heavy atom. The fourth-order valence-electron chi connectivity index (χ4n) is 2.92. The fourth-order valence-corrected chi connectivity index (χ4v) is 2.92. The molecule has 30 heavy (non-hydrogen) atoms. The number of hydrogen-bond acceptors (Lipinski definition) is 5. The zero-order valence-electron chi connectivity index (χ0n) is 16.1. The zero-order valence-corrected chi connectivity index (χ0v) is 16.1. The molecule has 1 atom stereocenters. The molecule has 0 aliphatic carbocycles. The second-order valence-electron chi connectivity index (χ2n) is 6.62. The molecule has 0 unspecified atom stereocenters. The van der Waals surface area contributed by atoms with Crippen molar-refractivity contribution in [1.82, 2.24) is 25.5 Å². The van der Waals surface area contributed by atoms with Gasteiger partial charge in [-0.05, 0) is 18.6 Å². The topological polar surface area (TPSA) is 105 Å². The number of fused-ring (bicyclic) bond motifs is 1. The van der Waals surface area contributed by atoms with Gasteiger partial charge in [-0.15, -0.1) is 5.10 Å². The Balaban J connectivity index is 1.45. The van der Waals surface area contributed by atoms with Gasteiger partial charge in [0.2, 0.25) is 5.88 Å². The summed E-state index contributed by atoms with van der Waals surface area (Å²) in [6.07, 6.45) is 4.74. The predicted octanol–water partition coefficient (Wildman–Crippen LogP) is 3.95. The molecule has 3 heterocycles. The average Bonchev–Trinajstić information content (AvgIpc) is 3.19. The van der Waals surface area contributed by atoms with Gasteiger partial charge in [-0.25, -0.2) is 14.2 Å². The van der Waals surface area contributed by atoms with E-state index in [1.165, 1.54) is 6.20 Å². The minimum absolute atomic E-state index is 0.0950. The van der Waals surface area contributed by atoms with Gasteiger partial charge in [0.15, 0.2) is 11.6 Å². The molecule has 0 aliphatic rings. The maximum Gasteiger partial charge on any atom is 0.320 e. The number of H-pyrrole nitrogens is 1. The Hall–Kier alpha value is -4.01. The number of aromatic amines is 1. The molecule has 0 bridgehead atoms. The van der Waals surface area contributed by atoms with Crippen LogP contribution in [0.1, 0.15) is 24.1 Å². The van der Waals surface area contributed by atoms with Gasteiger partial charge < -0.3 is 10.1 Å². The number of nitrogens with zero attached hydrogens (tertiary/aromatic N) is 3. The Kier molecular flexibility index (Phi) is 5.51. The number of rotatable bonds is 6. The molecule has 3 N–H and O–H groups in total. The quantitative estimate of drug-likeness (QED) is 0.450. The smallest absolute Gasteiger partial charge is 0.320 e. The molecule has 3 aromatic heterocycles. The van der Waals surface area contributed by atoms with Crippen molar-refractivity contribution in [1.29, 1.82) is 0 Å². The van der Waals surface area contributed by atoms with Gasteiger partial charge in [0.25, 0.3) is 0 Å². The highest BCUT2D eigenvalue weighted by molar-refractivity contribution is 5.92. The van der Waals surface area contributed by atoms with E-state index in [4.69, 9.17) is 4.74 Å². The van der Waals surface area contributed by atoms with Gasteiger partial charge in [0, 0.05) is 24.2 Å². The van der Waals surface area contributed by atoms with Crippen LogP contribution in [0.4, 0.5) is 15.0 Å². The summed E-state index contributed by atoms with van der Waals surface area (Å²) in [6, 6.07) is 12.3. The molecule has 4 aromatic rings. The van der Waals surface area contributed by atoms with E-state index >= 15 is 0 Å². The molecule has 8 nitrogen and oxygen atoms in total.